The fraction of sp³-hybridized carbons (Fsp3) is 0. The molecule has 31 heavy (non-hydrogen) atoms. The summed E-state index contributed by atoms with van der Waals surface area (Å²) in [6.07, 6.45) is 7.49. The third-order valence-corrected chi connectivity index (χ3v) is 6.36. The highest BCUT2D eigenvalue weighted by Gasteiger charge is 2.20. The van der Waals surface area contributed by atoms with E-state index in [4.69, 9.17) is 8.83 Å². The first-order valence-electron chi connectivity index (χ1n) is 10.2. The summed E-state index contributed by atoms with van der Waals surface area (Å²) in [5.74, 6) is 0. The molecule has 0 atom stereocenters. The van der Waals surface area contributed by atoms with E-state index in [0.717, 1.165) is 71.2 Å². The number of benzene rings is 3. The molecule has 0 N–H and O–H groups in total. The minimum Gasteiger partial charge on any atom is -0.455 e. The number of furan rings is 2. The molecule has 0 spiro atoms. The van der Waals surface area contributed by atoms with Gasteiger partial charge in [0, 0.05) is 51.7 Å². The Hall–Kier alpha value is -4.38. The summed E-state index contributed by atoms with van der Waals surface area (Å²) < 4.78 is 14.9. The van der Waals surface area contributed by atoms with Crippen LogP contribution in [0.2, 0.25) is 0 Å². The predicted octanol–water partition coefficient (Wildman–Crippen LogP) is 6.83. The van der Waals surface area contributed by atoms with E-state index in [1.165, 1.54) is 0 Å². The smallest absolute Gasteiger partial charge is 0.160 e. The molecule has 0 aliphatic carbocycles. The van der Waals surface area contributed by atoms with Gasteiger partial charge in [0.05, 0.1) is 10.9 Å². The fourth-order valence-corrected chi connectivity index (χ4v) is 5.04. The lowest BCUT2D eigenvalue weighted by molar-refractivity contribution is 0.664. The van der Waals surface area contributed by atoms with Crippen molar-refractivity contribution in [1.82, 2.24) is 14.4 Å². The Kier molecular flexibility index (Phi) is 2.60. The van der Waals surface area contributed by atoms with E-state index in [1.807, 2.05) is 55.1 Å². The van der Waals surface area contributed by atoms with E-state index in [-0.39, 0.29) is 0 Å². The molecule has 3 aromatic carbocycles. The van der Waals surface area contributed by atoms with Gasteiger partial charge < -0.3 is 8.83 Å². The number of pyridine rings is 2. The third-order valence-electron chi connectivity index (χ3n) is 6.36. The number of rotatable bonds is 0. The number of imidazole rings is 1. The van der Waals surface area contributed by atoms with Crippen molar-refractivity contribution in [3.05, 3.63) is 79.4 Å². The van der Waals surface area contributed by atoms with Crippen LogP contribution in [0.1, 0.15) is 0 Å². The Bertz CT molecular complexity index is 2010. The van der Waals surface area contributed by atoms with Crippen LogP contribution in [0.5, 0.6) is 0 Å². The molecular formula is C26H13N3O2. The Morgan fingerprint density at radius 2 is 1.52 bits per heavy atom. The molecule has 0 fully saturated rings. The second-order valence-corrected chi connectivity index (χ2v) is 7.90. The predicted molar refractivity (Wildman–Crippen MR) is 123 cm³/mol. The quantitative estimate of drug-likeness (QED) is 0.262. The first-order chi connectivity index (χ1) is 15.4. The van der Waals surface area contributed by atoms with Crippen molar-refractivity contribution in [2.45, 2.75) is 0 Å². The van der Waals surface area contributed by atoms with E-state index in [1.54, 1.807) is 0 Å². The summed E-state index contributed by atoms with van der Waals surface area (Å²) in [5, 5.41) is 7.50. The zero-order valence-corrected chi connectivity index (χ0v) is 16.2. The van der Waals surface area contributed by atoms with Gasteiger partial charge in [0.1, 0.15) is 22.4 Å². The second-order valence-electron chi connectivity index (χ2n) is 7.90. The Balaban J connectivity index is 1.66. The molecule has 8 aromatic rings. The molecule has 0 saturated carbocycles. The van der Waals surface area contributed by atoms with Crippen molar-refractivity contribution in [1.29, 1.82) is 0 Å². The molecule has 5 heterocycles. The lowest BCUT2D eigenvalue weighted by Crippen LogP contribution is -1.91. The molecule has 5 heteroatoms. The van der Waals surface area contributed by atoms with Crippen LogP contribution in [0.15, 0.2) is 88.2 Å². The minimum atomic E-state index is 0.817. The molecule has 0 radical (unpaired) electrons. The lowest BCUT2D eigenvalue weighted by Gasteiger charge is -2.08. The van der Waals surface area contributed by atoms with Crippen LogP contribution >= 0.6 is 0 Å². The van der Waals surface area contributed by atoms with Crippen molar-refractivity contribution in [2.75, 3.05) is 0 Å². The van der Waals surface area contributed by atoms with E-state index in [0.29, 0.717) is 0 Å². The van der Waals surface area contributed by atoms with Crippen molar-refractivity contribution in [3.63, 3.8) is 0 Å². The third kappa shape index (κ3) is 1.78. The monoisotopic (exact) mass is 399 g/mol. The van der Waals surface area contributed by atoms with Crippen LogP contribution in [-0.2, 0) is 0 Å². The molecule has 0 amide bonds. The maximum Gasteiger partial charge on any atom is 0.160 e. The molecule has 0 aliphatic rings. The van der Waals surface area contributed by atoms with Crippen LogP contribution in [0.3, 0.4) is 0 Å². The highest BCUT2D eigenvalue weighted by molar-refractivity contribution is 6.27. The van der Waals surface area contributed by atoms with Gasteiger partial charge in [0.15, 0.2) is 5.58 Å². The van der Waals surface area contributed by atoms with E-state index in [9.17, 15) is 0 Å². The molecule has 144 valence electrons. The van der Waals surface area contributed by atoms with Gasteiger partial charge in [-0.25, -0.2) is 4.98 Å². The normalized spacial score (nSPS) is 12.5. The summed E-state index contributed by atoms with van der Waals surface area (Å²) >= 11 is 0. The highest BCUT2D eigenvalue weighted by Crippen LogP contribution is 2.42. The molecular weight excluding hydrogens is 386 g/mol. The lowest BCUT2D eigenvalue weighted by atomic mass is 10.0. The van der Waals surface area contributed by atoms with Gasteiger partial charge in [0.25, 0.3) is 0 Å². The maximum absolute atomic E-state index is 6.47. The molecule has 0 aliphatic heterocycles. The zero-order chi connectivity index (χ0) is 20.1. The zero-order valence-electron chi connectivity index (χ0n) is 16.2. The number of aromatic nitrogens is 3. The van der Waals surface area contributed by atoms with Gasteiger partial charge in [-0.15, -0.1) is 0 Å². The van der Waals surface area contributed by atoms with Crippen LogP contribution in [0, 0.1) is 0 Å². The van der Waals surface area contributed by atoms with Crippen molar-refractivity contribution in [2.24, 2.45) is 0 Å². The van der Waals surface area contributed by atoms with Gasteiger partial charge >= 0.3 is 0 Å². The van der Waals surface area contributed by atoms with Gasteiger partial charge in [-0.1, -0.05) is 24.3 Å². The summed E-state index contributed by atoms with van der Waals surface area (Å²) in [6, 6.07) is 18.6. The Morgan fingerprint density at radius 3 is 2.52 bits per heavy atom. The summed E-state index contributed by atoms with van der Waals surface area (Å²) in [5.41, 5.74) is 5.28. The van der Waals surface area contributed by atoms with Gasteiger partial charge in [-0.3, -0.25) is 9.38 Å². The average Bonchev–Trinajstić information content (AvgIpc) is 3.53. The molecule has 8 rings (SSSR count). The first-order valence-corrected chi connectivity index (χ1v) is 10.2. The number of hydrogen-bond donors (Lipinski definition) is 0. The summed E-state index contributed by atoms with van der Waals surface area (Å²) in [7, 11) is 0. The van der Waals surface area contributed by atoms with Gasteiger partial charge in [0.2, 0.25) is 0 Å². The van der Waals surface area contributed by atoms with E-state index >= 15 is 0 Å². The molecule has 0 saturated heterocycles. The van der Waals surface area contributed by atoms with Gasteiger partial charge in [-0.2, -0.15) is 0 Å². The van der Waals surface area contributed by atoms with E-state index in [2.05, 4.69) is 38.6 Å². The molecule has 0 bridgehead atoms. The van der Waals surface area contributed by atoms with E-state index < -0.39 is 0 Å². The Labute approximate surface area is 174 Å². The molecule has 0 unspecified atom stereocenters. The van der Waals surface area contributed by atoms with Crippen LogP contribution in [0.4, 0.5) is 0 Å². The van der Waals surface area contributed by atoms with Crippen LogP contribution in [-0.4, -0.2) is 14.4 Å². The van der Waals surface area contributed by atoms with Crippen molar-refractivity contribution in [3.8, 4) is 0 Å². The maximum atomic E-state index is 6.47. The summed E-state index contributed by atoms with van der Waals surface area (Å²) in [6.45, 7) is 0. The average molecular weight is 399 g/mol. The number of fused-ring (bicyclic) bond motifs is 14. The van der Waals surface area contributed by atoms with Crippen molar-refractivity contribution >= 4 is 71.2 Å². The molecule has 5 nitrogen and oxygen atoms in total. The summed E-state index contributed by atoms with van der Waals surface area (Å²) in [4.78, 5) is 8.91. The topological polar surface area (TPSA) is 56.5 Å². The fourth-order valence-electron chi connectivity index (χ4n) is 5.04. The minimum absolute atomic E-state index is 0.817. The Morgan fingerprint density at radius 1 is 0.645 bits per heavy atom. The standard InChI is InChI=1S/C26H13N3O2/c1-2-4-20-15(3-1)17-7-8-21-22(24(17)30-20)18-6-5-16-14-9-10-27-13-19(14)26-28-11-12-29(26)23(16)25(18)31-21/h1-13H. The number of hydrogen-bond acceptors (Lipinski definition) is 4. The van der Waals surface area contributed by atoms with Crippen molar-refractivity contribution < 1.29 is 8.83 Å². The second kappa shape index (κ2) is 5.21. The molecule has 5 aromatic heterocycles. The van der Waals surface area contributed by atoms with Gasteiger partial charge in [-0.05, 0) is 35.7 Å². The van der Waals surface area contributed by atoms with Crippen LogP contribution < -0.4 is 0 Å². The SMILES string of the molecule is c1ccc2c(c1)oc1c2ccc2oc3c(ccc4c5ccncc5c5nccn5c43)c21. The largest absolute Gasteiger partial charge is 0.455 e. The first kappa shape index (κ1) is 15.5. The highest BCUT2D eigenvalue weighted by atomic mass is 16.3. The number of para-hydroxylation sites is 1. The van der Waals surface area contributed by atoms with Crippen LogP contribution in [0.25, 0.3) is 71.2 Å². The number of nitrogens with zero attached hydrogens (tertiary/aromatic N) is 3.